The third kappa shape index (κ3) is 5.03. The van der Waals surface area contributed by atoms with Gasteiger partial charge in [-0.05, 0) is 49.9 Å². The van der Waals surface area contributed by atoms with E-state index in [0.717, 1.165) is 25.7 Å². The highest BCUT2D eigenvalue weighted by Gasteiger charge is 2.30. The zero-order valence-electron chi connectivity index (χ0n) is 19.6. The number of nitrogens with one attached hydrogen (secondary N) is 2. The number of carbonyl (C=O) groups is 1. The van der Waals surface area contributed by atoms with Gasteiger partial charge in [0.2, 0.25) is 0 Å². The number of hydrogen-bond donors (Lipinski definition) is 2. The van der Waals surface area contributed by atoms with Gasteiger partial charge in [0, 0.05) is 12.4 Å². The number of fused-ring (bicyclic) bond motifs is 1. The Balaban J connectivity index is 1.48. The van der Waals surface area contributed by atoms with Crippen molar-refractivity contribution < 1.29 is 18.4 Å². The first kappa shape index (κ1) is 23.0. The molecule has 3 heterocycles. The number of hydrogen-bond acceptors (Lipinski definition) is 6. The summed E-state index contributed by atoms with van der Waals surface area (Å²) in [5, 5.41) is 6.96. The highest BCUT2D eigenvalue weighted by molar-refractivity contribution is 5.95. The van der Waals surface area contributed by atoms with Gasteiger partial charge in [-0.1, -0.05) is 37.3 Å². The predicted octanol–water partition coefficient (Wildman–Crippen LogP) is 6.02. The molecule has 2 N–H and O–H groups in total. The van der Waals surface area contributed by atoms with E-state index < -0.39 is 11.9 Å². The number of amides is 1. The van der Waals surface area contributed by atoms with Gasteiger partial charge in [-0.3, -0.25) is 9.78 Å². The number of rotatable bonds is 6. The average Bonchev–Trinajstić information content (AvgIpc) is 3.47. The summed E-state index contributed by atoms with van der Waals surface area (Å²) in [5.41, 5.74) is 1.63. The molecule has 1 atom stereocenters. The van der Waals surface area contributed by atoms with E-state index in [1.165, 1.54) is 25.5 Å². The van der Waals surface area contributed by atoms with Crippen molar-refractivity contribution in [1.82, 2.24) is 25.4 Å². The number of aromatic amines is 1. The van der Waals surface area contributed by atoms with Crippen molar-refractivity contribution >= 4 is 16.9 Å². The summed E-state index contributed by atoms with van der Waals surface area (Å²) in [6.45, 7) is 1.73. The van der Waals surface area contributed by atoms with E-state index in [1.807, 2.05) is 0 Å². The van der Waals surface area contributed by atoms with Crippen LogP contribution in [0, 0.1) is 18.7 Å². The lowest BCUT2D eigenvalue weighted by atomic mass is 9.85. The number of carbonyl (C=O) groups excluding carboxylic acids is 1. The maximum absolute atomic E-state index is 15.4. The lowest BCUT2D eigenvalue weighted by Crippen LogP contribution is -2.35. The molecule has 9 heteroatoms. The lowest BCUT2D eigenvalue weighted by Gasteiger charge is -2.28. The number of aryl methyl sites for hydroxylation is 1. The van der Waals surface area contributed by atoms with Crippen molar-refractivity contribution in [2.24, 2.45) is 5.92 Å². The molecule has 8 nitrogen and oxygen atoms in total. The molecule has 1 aliphatic rings. The van der Waals surface area contributed by atoms with Crippen LogP contribution in [0.3, 0.4) is 0 Å². The van der Waals surface area contributed by atoms with Gasteiger partial charge >= 0.3 is 0 Å². The summed E-state index contributed by atoms with van der Waals surface area (Å²) in [5.74, 6) is 0.438. The van der Waals surface area contributed by atoms with Gasteiger partial charge in [0.15, 0.2) is 11.6 Å². The lowest BCUT2D eigenvalue weighted by molar-refractivity contribution is 0.0911. The molecule has 0 saturated heterocycles. The SMILES string of the molecule is Cc1nocc1C(=O)NC(c1nc2c(F)c(Oc3ccncc3)ccc2[nH]1)C1CCCCCCC1. The molecule has 1 unspecified atom stereocenters. The molecule has 0 bridgehead atoms. The molecule has 5 rings (SSSR count). The summed E-state index contributed by atoms with van der Waals surface area (Å²) in [4.78, 5) is 24.9. The van der Waals surface area contributed by atoms with Crippen LogP contribution in [-0.2, 0) is 0 Å². The maximum Gasteiger partial charge on any atom is 0.257 e. The Morgan fingerprint density at radius 2 is 1.89 bits per heavy atom. The van der Waals surface area contributed by atoms with E-state index in [9.17, 15) is 4.79 Å². The first-order chi connectivity index (χ1) is 17.1. The summed E-state index contributed by atoms with van der Waals surface area (Å²) in [6.07, 6.45) is 12.2. The number of halogens is 1. The molecular weight excluding hydrogens is 449 g/mol. The van der Waals surface area contributed by atoms with Crippen LogP contribution in [-0.4, -0.2) is 26.0 Å². The number of imidazole rings is 1. The molecule has 1 saturated carbocycles. The van der Waals surface area contributed by atoms with Gasteiger partial charge in [0.25, 0.3) is 5.91 Å². The molecule has 0 spiro atoms. The van der Waals surface area contributed by atoms with Crippen molar-refractivity contribution in [3.63, 3.8) is 0 Å². The molecular formula is C26H28FN5O3. The quantitative estimate of drug-likeness (QED) is 0.352. The second-order valence-corrected chi connectivity index (χ2v) is 9.05. The minimum absolute atomic E-state index is 0.0772. The molecule has 1 aliphatic carbocycles. The van der Waals surface area contributed by atoms with Crippen LogP contribution in [0.25, 0.3) is 11.0 Å². The Morgan fingerprint density at radius 3 is 2.60 bits per heavy atom. The van der Waals surface area contributed by atoms with E-state index in [1.54, 1.807) is 43.6 Å². The van der Waals surface area contributed by atoms with Crippen LogP contribution >= 0.6 is 0 Å². The minimum atomic E-state index is -0.556. The number of ether oxygens (including phenoxy) is 1. The first-order valence-corrected chi connectivity index (χ1v) is 12.1. The van der Waals surface area contributed by atoms with Gasteiger partial charge < -0.3 is 19.6 Å². The van der Waals surface area contributed by atoms with E-state index in [2.05, 4.69) is 25.4 Å². The molecule has 3 aromatic heterocycles. The Labute approximate surface area is 202 Å². The van der Waals surface area contributed by atoms with Gasteiger partial charge in [-0.2, -0.15) is 0 Å². The molecule has 35 heavy (non-hydrogen) atoms. The predicted molar refractivity (Wildman–Crippen MR) is 128 cm³/mol. The van der Waals surface area contributed by atoms with Crippen LogP contribution in [0.15, 0.2) is 47.4 Å². The van der Waals surface area contributed by atoms with Crippen molar-refractivity contribution in [3.8, 4) is 11.5 Å². The fraction of sp³-hybridized carbons (Fsp3) is 0.385. The molecule has 1 amide bonds. The largest absolute Gasteiger partial charge is 0.454 e. The summed E-state index contributed by atoms with van der Waals surface area (Å²) in [7, 11) is 0. The van der Waals surface area contributed by atoms with Gasteiger partial charge in [-0.15, -0.1) is 0 Å². The second kappa shape index (κ2) is 10.2. The van der Waals surface area contributed by atoms with Gasteiger partial charge in [0.1, 0.15) is 28.9 Å². The highest BCUT2D eigenvalue weighted by Crippen LogP contribution is 2.35. The zero-order valence-corrected chi connectivity index (χ0v) is 19.6. The molecule has 1 aromatic carbocycles. The standard InChI is InChI=1S/C26H28FN5O3/c1-16-19(15-34-32-16)26(33)31-23(17-7-5-3-2-4-6-8-17)25-29-20-9-10-21(22(27)24(20)30-25)35-18-11-13-28-14-12-18/h9-15,17,23H,2-8H2,1H3,(H,29,30)(H,31,33). The second-order valence-electron chi connectivity index (χ2n) is 9.05. The number of benzene rings is 1. The fourth-order valence-electron chi connectivity index (χ4n) is 4.76. The van der Waals surface area contributed by atoms with Crippen LogP contribution in [0.2, 0.25) is 0 Å². The van der Waals surface area contributed by atoms with Crippen LogP contribution in [0.4, 0.5) is 4.39 Å². The van der Waals surface area contributed by atoms with E-state index >= 15 is 4.39 Å². The fourth-order valence-corrected chi connectivity index (χ4v) is 4.76. The molecule has 1 fully saturated rings. The van der Waals surface area contributed by atoms with E-state index in [-0.39, 0.29) is 23.1 Å². The summed E-state index contributed by atoms with van der Waals surface area (Å²) < 4.78 is 26.1. The number of pyridine rings is 1. The molecule has 182 valence electrons. The Kier molecular flexibility index (Phi) is 6.74. The smallest absolute Gasteiger partial charge is 0.257 e. The molecule has 4 aromatic rings. The van der Waals surface area contributed by atoms with E-state index in [0.29, 0.717) is 28.3 Å². The van der Waals surface area contributed by atoms with Gasteiger partial charge in [-0.25, -0.2) is 9.37 Å². The highest BCUT2D eigenvalue weighted by atomic mass is 19.1. The van der Waals surface area contributed by atoms with Crippen molar-refractivity contribution in [1.29, 1.82) is 0 Å². The van der Waals surface area contributed by atoms with Crippen molar-refractivity contribution in [2.75, 3.05) is 0 Å². The normalized spacial score (nSPS) is 15.9. The van der Waals surface area contributed by atoms with Crippen molar-refractivity contribution in [2.45, 2.75) is 57.9 Å². The van der Waals surface area contributed by atoms with Gasteiger partial charge in [0.05, 0.1) is 17.3 Å². The van der Waals surface area contributed by atoms with E-state index in [4.69, 9.17) is 9.26 Å². The van der Waals surface area contributed by atoms with Crippen LogP contribution < -0.4 is 10.1 Å². The third-order valence-corrected chi connectivity index (χ3v) is 6.65. The van der Waals surface area contributed by atoms with Crippen molar-refractivity contribution in [3.05, 3.63) is 65.8 Å². The number of H-pyrrole nitrogens is 1. The third-order valence-electron chi connectivity index (χ3n) is 6.65. The average molecular weight is 478 g/mol. The zero-order chi connectivity index (χ0) is 24.2. The maximum atomic E-state index is 15.4. The Bertz CT molecular complexity index is 1300. The minimum Gasteiger partial charge on any atom is -0.454 e. The summed E-state index contributed by atoms with van der Waals surface area (Å²) >= 11 is 0. The van der Waals surface area contributed by atoms with Crippen LogP contribution in [0.1, 0.15) is 72.9 Å². The number of aromatic nitrogens is 4. The molecule has 0 radical (unpaired) electrons. The monoisotopic (exact) mass is 477 g/mol. The Morgan fingerprint density at radius 1 is 1.14 bits per heavy atom. The molecule has 0 aliphatic heterocycles. The Hall–Kier alpha value is -3.75. The topological polar surface area (TPSA) is 106 Å². The number of nitrogens with zero attached hydrogens (tertiary/aromatic N) is 3. The summed E-state index contributed by atoms with van der Waals surface area (Å²) in [6, 6.07) is 6.24. The first-order valence-electron chi connectivity index (χ1n) is 12.1. The van der Waals surface area contributed by atoms with Crippen LogP contribution in [0.5, 0.6) is 11.5 Å².